The molecule has 1 spiro atoms. The first-order valence-corrected chi connectivity index (χ1v) is 10.1. The van der Waals surface area contributed by atoms with Gasteiger partial charge < -0.3 is 10.0 Å². The molecule has 2 aromatic heterocycles. The maximum Gasteiger partial charge on any atom is 0.420 e. The number of likely N-dealkylation sites (tertiary alicyclic amines) is 1. The number of benzene rings is 1. The molecule has 1 aliphatic heterocycles. The Morgan fingerprint density at radius 3 is 2.55 bits per heavy atom. The molecule has 1 amide bonds. The van der Waals surface area contributed by atoms with Crippen LogP contribution in [-0.2, 0) is 6.18 Å². The SMILES string of the molecule is O=C(c1cc(O)ccc1F)N1CC2(CC(n3cc(C(F)(F)F)c(-c4cccnc4F)n3)C2)C1. The summed E-state index contributed by atoms with van der Waals surface area (Å²) in [5.41, 5.74) is -2.40. The standard InChI is InChI=1S/C22H17F5N4O2/c23-17-4-3-13(32)6-15(17)20(33)30-10-21(11-30)7-12(8-21)31-9-16(22(25,26)27)18(29-31)14-2-1-5-28-19(14)24/h1-6,9,12,32H,7-8,10-11H2. The maximum atomic E-state index is 14.0. The first kappa shape index (κ1) is 21.4. The van der Waals surface area contributed by atoms with Gasteiger partial charge in [-0.05, 0) is 43.2 Å². The van der Waals surface area contributed by atoms with Gasteiger partial charge in [-0.15, -0.1) is 0 Å². The molecule has 3 heterocycles. The predicted molar refractivity (Wildman–Crippen MR) is 105 cm³/mol. The molecule has 2 aliphatic rings. The van der Waals surface area contributed by atoms with Crippen LogP contribution in [0, 0.1) is 17.2 Å². The number of aromatic nitrogens is 3. The quantitative estimate of drug-likeness (QED) is 0.460. The molecule has 2 fully saturated rings. The van der Waals surface area contributed by atoms with E-state index in [1.165, 1.54) is 21.7 Å². The van der Waals surface area contributed by atoms with Gasteiger partial charge in [-0.2, -0.15) is 22.7 Å². The van der Waals surface area contributed by atoms with E-state index in [2.05, 4.69) is 10.1 Å². The average molecular weight is 464 g/mol. The van der Waals surface area contributed by atoms with Crippen molar-refractivity contribution in [3.05, 3.63) is 65.6 Å². The number of phenolic OH excluding ortho intramolecular Hbond substituents is 1. The van der Waals surface area contributed by atoms with Crippen molar-refractivity contribution in [3.63, 3.8) is 0 Å². The van der Waals surface area contributed by atoms with Crippen molar-refractivity contribution < 1.29 is 31.9 Å². The van der Waals surface area contributed by atoms with Crippen molar-refractivity contribution in [2.75, 3.05) is 13.1 Å². The first-order valence-electron chi connectivity index (χ1n) is 10.1. The van der Waals surface area contributed by atoms with Gasteiger partial charge in [0.05, 0.1) is 17.2 Å². The Balaban J connectivity index is 1.31. The summed E-state index contributed by atoms with van der Waals surface area (Å²) < 4.78 is 69.9. The third kappa shape index (κ3) is 3.61. The summed E-state index contributed by atoms with van der Waals surface area (Å²) in [4.78, 5) is 17.4. The number of halogens is 5. The highest BCUT2D eigenvalue weighted by Crippen LogP contribution is 2.54. The zero-order valence-corrected chi connectivity index (χ0v) is 17.0. The fraction of sp³-hybridized carbons (Fsp3) is 0.318. The van der Waals surface area contributed by atoms with Crippen LogP contribution >= 0.6 is 0 Å². The van der Waals surface area contributed by atoms with Crippen LogP contribution in [0.2, 0.25) is 0 Å². The third-order valence-corrected chi connectivity index (χ3v) is 6.28. The summed E-state index contributed by atoms with van der Waals surface area (Å²) in [5, 5.41) is 13.5. The predicted octanol–water partition coefficient (Wildman–Crippen LogP) is 4.43. The van der Waals surface area contributed by atoms with Crippen molar-refractivity contribution in [2.24, 2.45) is 5.41 Å². The fourth-order valence-electron chi connectivity index (χ4n) is 4.69. The Labute approximate surface area is 184 Å². The van der Waals surface area contributed by atoms with Crippen molar-refractivity contribution in [1.29, 1.82) is 0 Å². The minimum Gasteiger partial charge on any atom is -0.508 e. The molecule has 1 saturated heterocycles. The van der Waals surface area contributed by atoms with Crippen LogP contribution in [0.3, 0.4) is 0 Å². The Kier molecular flexibility index (Phi) is 4.69. The Morgan fingerprint density at radius 1 is 1.15 bits per heavy atom. The van der Waals surface area contributed by atoms with E-state index in [0.29, 0.717) is 25.9 Å². The van der Waals surface area contributed by atoms with E-state index in [1.54, 1.807) is 0 Å². The molecule has 1 saturated carbocycles. The van der Waals surface area contributed by atoms with Crippen LogP contribution in [0.5, 0.6) is 5.75 Å². The van der Waals surface area contributed by atoms with Crippen LogP contribution < -0.4 is 0 Å². The second kappa shape index (κ2) is 7.26. The molecule has 0 radical (unpaired) electrons. The minimum atomic E-state index is -4.72. The fourth-order valence-corrected chi connectivity index (χ4v) is 4.69. The molecule has 3 aromatic rings. The second-order valence-corrected chi connectivity index (χ2v) is 8.60. The highest BCUT2D eigenvalue weighted by Gasteiger charge is 2.55. The minimum absolute atomic E-state index is 0.223. The number of rotatable bonds is 3. The van der Waals surface area contributed by atoms with Crippen LogP contribution in [0.25, 0.3) is 11.3 Å². The van der Waals surface area contributed by atoms with Crippen molar-refractivity contribution in [3.8, 4) is 17.0 Å². The van der Waals surface area contributed by atoms with Crippen molar-refractivity contribution in [2.45, 2.75) is 25.1 Å². The smallest absolute Gasteiger partial charge is 0.420 e. The molecule has 172 valence electrons. The van der Waals surface area contributed by atoms with Gasteiger partial charge in [-0.3, -0.25) is 9.48 Å². The van der Waals surface area contributed by atoms with E-state index in [0.717, 1.165) is 30.6 Å². The number of pyridine rings is 1. The van der Waals surface area contributed by atoms with Gasteiger partial charge >= 0.3 is 6.18 Å². The molecule has 0 atom stereocenters. The van der Waals surface area contributed by atoms with Crippen LogP contribution in [0.1, 0.15) is 34.8 Å². The number of hydrogen-bond donors (Lipinski definition) is 1. The lowest BCUT2D eigenvalue weighted by Crippen LogP contribution is -2.63. The lowest BCUT2D eigenvalue weighted by atomic mass is 9.60. The zero-order valence-electron chi connectivity index (χ0n) is 17.0. The Bertz CT molecular complexity index is 1240. The van der Waals surface area contributed by atoms with Crippen molar-refractivity contribution >= 4 is 5.91 Å². The monoisotopic (exact) mass is 464 g/mol. The summed E-state index contributed by atoms with van der Waals surface area (Å²) in [7, 11) is 0. The number of alkyl halides is 3. The average Bonchev–Trinajstić information content (AvgIpc) is 3.13. The van der Waals surface area contributed by atoms with Crippen LogP contribution in [0.4, 0.5) is 22.0 Å². The van der Waals surface area contributed by atoms with Gasteiger partial charge in [-0.25, -0.2) is 9.37 Å². The van der Waals surface area contributed by atoms with E-state index in [-0.39, 0.29) is 28.3 Å². The highest BCUT2D eigenvalue weighted by atomic mass is 19.4. The van der Waals surface area contributed by atoms with E-state index >= 15 is 0 Å². The molecule has 0 bridgehead atoms. The van der Waals surface area contributed by atoms with Gasteiger partial charge in [-0.1, -0.05) is 0 Å². The summed E-state index contributed by atoms with van der Waals surface area (Å²) in [6, 6.07) is 5.41. The third-order valence-electron chi connectivity index (χ3n) is 6.28. The lowest BCUT2D eigenvalue weighted by Gasteiger charge is -2.58. The maximum absolute atomic E-state index is 14.0. The summed E-state index contributed by atoms with van der Waals surface area (Å²) in [5.74, 6) is -2.55. The Morgan fingerprint density at radius 2 is 1.88 bits per heavy atom. The number of hydrogen-bond acceptors (Lipinski definition) is 4. The van der Waals surface area contributed by atoms with E-state index in [4.69, 9.17) is 0 Å². The summed E-state index contributed by atoms with van der Waals surface area (Å²) in [6.07, 6.45) is -1.74. The molecular weight excluding hydrogens is 447 g/mol. The van der Waals surface area contributed by atoms with Crippen LogP contribution in [-0.4, -0.2) is 43.8 Å². The molecule has 1 N–H and O–H groups in total. The molecule has 0 unspecified atom stereocenters. The molecule has 5 rings (SSSR count). The number of nitrogens with zero attached hydrogens (tertiary/aromatic N) is 4. The molecule has 33 heavy (non-hydrogen) atoms. The second-order valence-electron chi connectivity index (χ2n) is 8.60. The lowest BCUT2D eigenvalue weighted by molar-refractivity contribution is -0.137. The molecular formula is C22H17F5N4O2. The number of phenols is 1. The molecule has 6 nitrogen and oxygen atoms in total. The topological polar surface area (TPSA) is 71.2 Å². The van der Waals surface area contributed by atoms with E-state index in [1.807, 2.05) is 0 Å². The van der Waals surface area contributed by atoms with Gasteiger partial charge in [0.25, 0.3) is 5.91 Å². The van der Waals surface area contributed by atoms with Gasteiger partial charge in [0.15, 0.2) is 0 Å². The van der Waals surface area contributed by atoms with E-state index in [9.17, 15) is 31.9 Å². The number of amides is 1. The molecule has 1 aliphatic carbocycles. The molecule has 1 aromatic carbocycles. The highest BCUT2D eigenvalue weighted by molar-refractivity contribution is 5.95. The van der Waals surface area contributed by atoms with Crippen molar-refractivity contribution in [1.82, 2.24) is 19.7 Å². The largest absolute Gasteiger partial charge is 0.508 e. The van der Waals surface area contributed by atoms with Gasteiger partial charge in [0.1, 0.15) is 22.8 Å². The number of aromatic hydroxyl groups is 1. The normalized spacial score (nSPS) is 17.7. The Hall–Kier alpha value is -3.50. The van der Waals surface area contributed by atoms with Crippen LogP contribution in [0.15, 0.2) is 42.7 Å². The zero-order chi connectivity index (χ0) is 23.5. The summed E-state index contributed by atoms with van der Waals surface area (Å²) in [6.45, 7) is 0.657. The first-order chi connectivity index (χ1) is 15.6. The summed E-state index contributed by atoms with van der Waals surface area (Å²) >= 11 is 0. The molecule has 11 heteroatoms. The number of carbonyl (C=O) groups excluding carboxylic acids is 1. The van der Waals surface area contributed by atoms with E-state index < -0.39 is 35.1 Å². The van der Waals surface area contributed by atoms with Gasteiger partial charge in [0, 0.05) is 30.9 Å². The van der Waals surface area contributed by atoms with Gasteiger partial charge in [0.2, 0.25) is 5.95 Å². The number of carbonyl (C=O) groups is 1.